The molecular formula is C40H27N3S. The highest BCUT2D eigenvalue weighted by atomic mass is 32.1. The Bertz CT molecular complexity index is 2440. The van der Waals surface area contributed by atoms with E-state index in [0.29, 0.717) is 5.95 Å². The molecule has 3 heterocycles. The molecule has 0 fully saturated rings. The number of aromatic nitrogens is 3. The van der Waals surface area contributed by atoms with Crippen molar-refractivity contribution < 1.29 is 0 Å². The largest absolute Gasteiger partial charge is 0.278 e. The van der Waals surface area contributed by atoms with E-state index in [1.807, 2.05) is 23.6 Å². The van der Waals surface area contributed by atoms with Crippen molar-refractivity contribution in [2.24, 2.45) is 0 Å². The van der Waals surface area contributed by atoms with Gasteiger partial charge >= 0.3 is 0 Å². The Kier molecular flexibility index (Phi) is 5.81. The maximum absolute atomic E-state index is 5.17. The third-order valence-electron chi connectivity index (χ3n) is 8.85. The van der Waals surface area contributed by atoms with E-state index in [1.54, 1.807) is 0 Å². The van der Waals surface area contributed by atoms with E-state index >= 15 is 0 Å². The lowest BCUT2D eigenvalue weighted by Crippen LogP contribution is -2.01. The number of allylic oxidation sites excluding steroid dienone is 4. The molecule has 0 radical (unpaired) electrons. The minimum atomic E-state index is 0.687. The van der Waals surface area contributed by atoms with Crippen molar-refractivity contribution in [2.45, 2.75) is 12.8 Å². The quantitative estimate of drug-likeness (QED) is 0.207. The third-order valence-corrected chi connectivity index (χ3v) is 10.1. The fourth-order valence-corrected chi connectivity index (χ4v) is 7.98. The molecule has 208 valence electrons. The van der Waals surface area contributed by atoms with Crippen molar-refractivity contribution in [3.63, 3.8) is 0 Å². The van der Waals surface area contributed by atoms with E-state index in [4.69, 9.17) is 9.97 Å². The lowest BCUT2D eigenvalue weighted by atomic mass is 9.89. The monoisotopic (exact) mass is 581 g/mol. The van der Waals surface area contributed by atoms with Gasteiger partial charge in [0, 0.05) is 42.7 Å². The molecule has 0 spiro atoms. The Balaban J connectivity index is 1.15. The third kappa shape index (κ3) is 4.03. The zero-order valence-corrected chi connectivity index (χ0v) is 24.8. The standard InChI is InChI=1S/C40H27N3S/c1-2-9-26(10-3-1)27-17-19-28(20-18-27)29-11-8-12-30(25-29)34-23-24-41-40(42-34)43-35-15-6-4-14-33(35)38-36(43)22-21-32-31-13-5-7-16-37(31)44-39(32)38/h1-17,19,21-25H,18,20H2. The van der Waals surface area contributed by atoms with Crippen LogP contribution in [0.1, 0.15) is 24.0 Å². The van der Waals surface area contributed by atoms with Gasteiger partial charge in [-0.15, -0.1) is 11.3 Å². The van der Waals surface area contributed by atoms with Gasteiger partial charge in [0.15, 0.2) is 0 Å². The molecule has 4 heteroatoms. The van der Waals surface area contributed by atoms with Crippen LogP contribution in [0.3, 0.4) is 0 Å². The first-order valence-corrected chi connectivity index (χ1v) is 15.9. The van der Waals surface area contributed by atoms with Crippen molar-refractivity contribution in [1.82, 2.24) is 14.5 Å². The summed E-state index contributed by atoms with van der Waals surface area (Å²) in [5.74, 6) is 0.687. The zero-order chi connectivity index (χ0) is 29.0. The van der Waals surface area contributed by atoms with Crippen molar-refractivity contribution in [2.75, 3.05) is 0 Å². The van der Waals surface area contributed by atoms with Crippen LogP contribution in [0.25, 0.3) is 70.3 Å². The van der Waals surface area contributed by atoms with Crippen molar-refractivity contribution >= 4 is 64.5 Å². The first-order valence-electron chi connectivity index (χ1n) is 15.0. The highest BCUT2D eigenvalue weighted by Crippen LogP contribution is 2.43. The molecule has 0 atom stereocenters. The first-order chi connectivity index (χ1) is 21.8. The van der Waals surface area contributed by atoms with Crippen LogP contribution in [0.15, 0.2) is 140 Å². The summed E-state index contributed by atoms with van der Waals surface area (Å²) >= 11 is 1.86. The number of hydrogen-bond acceptors (Lipinski definition) is 3. The molecule has 9 rings (SSSR count). The summed E-state index contributed by atoms with van der Waals surface area (Å²) in [4.78, 5) is 9.99. The number of thiophene rings is 1. The van der Waals surface area contributed by atoms with Gasteiger partial charge in [0.1, 0.15) is 0 Å². The number of hydrogen-bond donors (Lipinski definition) is 0. The number of fused-ring (bicyclic) bond motifs is 7. The van der Waals surface area contributed by atoms with Crippen molar-refractivity contribution in [1.29, 1.82) is 0 Å². The SMILES string of the molecule is C1=C(c2ccccc2)CCC(c2cccc(-c3ccnc(-n4c5ccccc5c5c6sc7ccccc7c6ccc54)n3)c2)=C1. The highest BCUT2D eigenvalue weighted by Gasteiger charge is 2.19. The van der Waals surface area contributed by atoms with Crippen LogP contribution in [0.4, 0.5) is 0 Å². The predicted molar refractivity (Wildman–Crippen MR) is 186 cm³/mol. The smallest absolute Gasteiger partial charge is 0.235 e. The average molecular weight is 582 g/mol. The van der Waals surface area contributed by atoms with Crippen LogP contribution in [0.5, 0.6) is 0 Å². The van der Waals surface area contributed by atoms with Crippen LogP contribution in [-0.2, 0) is 0 Å². The van der Waals surface area contributed by atoms with Crippen molar-refractivity contribution in [3.8, 4) is 17.2 Å². The summed E-state index contributed by atoms with van der Waals surface area (Å²) in [6.45, 7) is 0. The van der Waals surface area contributed by atoms with Gasteiger partial charge in [0.25, 0.3) is 0 Å². The normalized spacial score (nSPS) is 13.5. The topological polar surface area (TPSA) is 30.7 Å². The van der Waals surface area contributed by atoms with Crippen LogP contribution in [-0.4, -0.2) is 14.5 Å². The molecule has 3 aromatic heterocycles. The van der Waals surface area contributed by atoms with Gasteiger partial charge in [-0.05, 0) is 65.4 Å². The molecule has 0 saturated heterocycles. The Morgan fingerprint density at radius 2 is 1.30 bits per heavy atom. The maximum Gasteiger partial charge on any atom is 0.235 e. The van der Waals surface area contributed by atoms with Gasteiger partial charge in [0.05, 0.1) is 16.7 Å². The summed E-state index contributed by atoms with van der Waals surface area (Å²) in [6, 6.07) is 43.3. The highest BCUT2D eigenvalue weighted by molar-refractivity contribution is 7.26. The number of rotatable bonds is 4. The van der Waals surface area contributed by atoms with E-state index in [0.717, 1.165) is 35.1 Å². The van der Waals surface area contributed by atoms with Gasteiger partial charge in [-0.25, -0.2) is 9.97 Å². The summed E-state index contributed by atoms with van der Waals surface area (Å²) in [5.41, 5.74) is 9.57. The lowest BCUT2D eigenvalue weighted by molar-refractivity contribution is 0.992. The molecule has 0 aliphatic heterocycles. The lowest BCUT2D eigenvalue weighted by Gasteiger charge is -2.16. The van der Waals surface area contributed by atoms with E-state index in [-0.39, 0.29) is 0 Å². The van der Waals surface area contributed by atoms with E-state index in [1.165, 1.54) is 53.2 Å². The molecule has 0 unspecified atom stereocenters. The van der Waals surface area contributed by atoms with Gasteiger partial charge < -0.3 is 0 Å². The van der Waals surface area contributed by atoms with Gasteiger partial charge in [-0.1, -0.05) is 103 Å². The molecule has 1 aliphatic rings. The average Bonchev–Trinajstić information content (AvgIpc) is 3.65. The molecule has 5 aromatic carbocycles. The van der Waals surface area contributed by atoms with Crippen molar-refractivity contribution in [3.05, 3.63) is 151 Å². The van der Waals surface area contributed by atoms with Gasteiger partial charge in [0.2, 0.25) is 5.95 Å². The minimum absolute atomic E-state index is 0.687. The van der Waals surface area contributed by atoms with E-state index < -0.39 is 0 Å². The van der Waals surface area contributed by atoms with E-state index in [9.17, 15) is 0 Å². The van der Waals surface area contributed by atoms with Crippen LogP contribution in [0, 0.1) is 0 Å². The first kappa shape index (κ1) is 25.2. The summed E-state index contributed by atoms with van der Waals surface area (Å²) < 4.78 is 4.85. The van der Waals surface area contributed by atoms with Crippen LogP contribution >= 0.6 is 11.3 Å². The Morgan fingerprint density at radius 3 is 2.16 bits per heavy atom. The second-order valence-electron chi connectivity index (χ2n) is 11.4. The molecule has 0 N–H and O–H groups in total. The fourth-order valence-electron chi connectivity index (χ4n) is 6.72. The molecular weight excluding hydrogens is 555 g/mol. The molecule has 3 nitrogen and oxygen atoms in total. The molecule has 0 amide bonds. The van der Waals surface area contributed by atoms with Gasteiger partial charge in [-0.3, -0.25) is 4.57 Å². The minimum Gasteiger partial charge on any atom is -0.278 e. The number of benzene rings is 5. The number of nitrogens with zero attached hydrogens (tertiary/aromatic N) is 3. The molecule has 1 aliphatic carbocycles. The molecule has 0 bridgehead atoms. The van der Waals surface area contributed by atoms with Crippen LogP contribution in [0.2, 0.25) is 0 Å². The summed E-state index contributed by atoms with van der Waals surface area (Å²) in [6.07, 6.45) is 8.51. The maximum atomic E-state index is 5.17. The summed E-state index contributed by atoms with van der Waals surface area (Å²) in [5, 5.41) is 5.10. The Morgan fingerprint density at radius 1 is 0.568 bits per heavy atom. The second kappa shape index (κ2) is 10.1. The predicted octanol–water partition coefficient (Wildman–Crippen LogP) is 10.9. The number of para-hydroxylation sites is 1. The van der Waals surface area contributed by atoms with Gasteiger partial charge in [-0.2, -0.15) is 0 Å². The molecule has 0 saturated carbocycles. The van der Waals surface area contributed by atoms with E-state index in [2.05, 4.69) is 132 Å². The Hall–Kier alpha value is -5.32. The second-order valence-corrected chi connectivity index (χ2v) is 12.4. The molecule has 44 heavy (non-hydrogen) atoms. The molecule has 8 aromatic rings. The Labute approximate surface area is 259 Å². The van der Waals surface area contributed by atoms with Crippen LogP contribution < -0.4 is 0 Å². The fraction of sp³-hybridized carbons (Fsp3) is 0.0500. The zero-order valence-electron chi connectivity index (χ0n) is 23.9. The summed E-state index contributed by atoms with van der Waals surface area (Å²) in [7, 11) is 0.